The minimum absolute atomic E-state index is 0.785. The summed E-state index contributed by atoms with van der Waals surface area (Å²) in [5, 5.41) is 4.62. The number of aromatic nitrogens is 1. The Hall–Kier alpha value is -2.17. The lowest BCUT2D eigenvalue weighted by molar-refractivity contribution is 0.373. The molecular formula is C22H23N3S. The maximum absolute atomic E-state index is 5.03. The molecule has 0 aliphatic carbocycles. The van der Waals surface area contributed by atoms with Crippen molar-refractivity contribution < 1.29 is 0 Å². The van der Waals surface area contributed by atoms with E-state index in [0.717, 1.165) is 37.1 Å². The minimum Gasteiger partial charge on any atom is -0.365 e. The van der Waals surface area contributed by atoms with Crippen molar-refractivity contribution in [2.75, 3.05) is 24.5 Å². The van der Waals surface area contributed by atoms with Crippen LogP contribution in [0.1, 0.15) is 17.7 Å². The molecule has 3 aromatic rings. The van der Waals surface area contributed by atoms with Crippen molar-refractivity contribution >= 4 is 17.0 Å². The van der Waals surface area contributed by atoms with E-state index in [1.807, 2.05) is 11.3 Å². The molecule has 0 radical (unpaired) electrons. The maximum Gasteiger partial charge on any atom is 0.124 e. The Morgan fingerprint density at radius 2 is 1.77 bits per heavy atom. The molecule has 0 atom stereocenters. The Bertz CT molecular complexity index is 897. The maximum atomic E-state index is 5.03. The van der Waals surface area contributed by atoms with Crippen LogP contribution in [0, 0.1) is 5.92 Å². The summed E-state index contributed by atoms with van der Waals surface area (Å²) in [6.45, 7) is 4.45. The lowest BCUT2D eigenvalue weighted by Gasteiger charge is -2.35. The van der Waals surface area contributed by atoms with Crippen LogP contribution in [0.25, 0.3) is 21.8 Å². The molecule has 0 unspecified atom stereocenters. The first-order valence-corrected chi connectivity index (χ1v) is 10.3. The number of hydrogen-bond acceptors (Lipinski definition) is 4. The first-order chi connectivity index (χ1) is 12.9. The highest BCUT2D eigenvalue weighted by molar-refractivity contribution is 7.15. The van der Waals surface area contributed by atoms with Crippen LogP contribution >= 0.6 is 11.3 Å². The number of para-hydroxylation sites is 1. The Kier molecular flexibility index (Phi) is 4.23. The van der Waals surface area contributed by atoms with Crippen molar-refractivity contribution in [1.82, 2.24) is 10.3 Å². The second kappa shape index (κ2) is 6.86. The van der Waals surface area contributed by atoms with E-state index in [1.165, 1.54) is 40.2 Å². The second-order valence-electron chi connectivity index (χ2n) is 7.25. The summed E-state index contributed by atoms with van der Waals surface area (Å²) in [5.74, 6) is 0.785. The molecule has 1 fully saturated rings. The standard InChI is InChI=1S/C22H23N3S/c1-2-6-17(7-3-1)22-24-21-18-8-4-5-9-19(18)25(15-20(21)26-22)14-16-10-12-23-13-11-16/h1-9,16,23H,10-15H2. The molecule has 132 valence electrons. The highest BCUT2D eigenvalue weighted by atomic mass is 32.1. The van der Waals surface area contributed by atoms with Crippen LogP contribution < -0.4 is 10.2 Å². The number of piperidine rings is 1. The molecule has 5 rings (SSSR count). The van der Waals surface area contributed by atoms with Crippen LogP contribution in [-0.4, -0.2) is 24.6 Å². The van der Waals surface area contributed by atoms with E-state index in [2.05, 4.69) is 64.8 Å². The monoisotopic (exact) mass is 361 g/mol. The van der Waals surface area contributed by atoms with Gasteiger partial charge in [-0.3, -0.25) is 0 Å². The smallest absolute Gasteiger partial charge is 0.124 e. The summed E-state index contributed by atoms with van der Waals surface area (Å²) in [7, 11) is 0. The second-order valence-corrected chi connectivity index (χ2v) is 8.33. The lowest BCUT2D eigenvalue weighted by Crippen LogP contribution is -2.37. The quantitative estimate of drug-likeness (QED) is 0.726. The number of benzene rings is 2. The Labute approximate surface area is 158 Å². The third-order valence-electron chi connectivity index (χ3n) is 5.49. The molecule has 1 saturated heterocycles. The molecular weight excluding hydrogens is 338 g/mol. The number of thiazole rings is 1. The number of fused-ring (bicyclic) bond motifs is 3. The zero-order valence-electron chi connectivity index (χ0n) is 14.8. The summed E-state index contributed by atoms with van der Waals surface area (Å²) in [4.78, 5) is 9.01. The first-order valence-electron chi connectivity index (χ1n) is 9.48. The summed E-state index contributed by atoms with van der Waals surface area (Å²) >= 11 is 1.85. The van der Waals surface area contributed by atoms with Gasteiger partial charge in [-0.05, 0) is 37.9 Å². The number of nitrogens with zero attached hydrogens (tertiary/aromatic N) is 2. The van der Waals surface area contributed by atoms with Gasteiger partial charge in [0.05, 0.1) is 17.1 Å². The normalized spacial score (nSPS) is 17.0. The molecule has 4 heteroatoms. The molecule has 0 amide bonds. The molecule has 3 heterocycles. The van der Waals surface area contributed by atoms with E-state index >= 15 is 0 Å². The number of nitrogens with one attached hydrogen (secondary N) is 1. The van der Waals surface area contributed by atoms with Crippen molar-refractivity contribution in [2.45, 2.75) is 19.4 Å². The van der Waals surface area contributed by atoms with Crippen LogP contribution in [-0.2, 0) is 6.54 Å². The average molecular weight is 362 g/mol. The summed E-state index contributed by atoms with van der Waals surface area (Å²) in [6.07, 6.45) is 2.56. The van der Waals surface area contributed by atoms with Gasteiger partial charge in [0.15, 0.2) is 0 Å². The fourth-order valence-electron chi connectivity index (χ4n) is 4.12. The van der Waals surface area contributed by atoms with Crippen LogP contribution in [0.2, 0.25) is 0 Å². The molecule has 2 aliphatic rings. The average Bonchev–Trinajstić information content (AvgIpc) is 3.14. The molecule has 0 bridgehead atoms. The lowest BCUT2D eigenvalue weighted by atomic mass is 9.95. The summed E-state index contributed by atoms with van der Waals surface area (Å²) < 4.78 is 0. The van der Waals surface area contributed by atoms with Gasteiger partial charge in [-0.1, -0.05) is 48.5 Å². The molecule has 1 N–H and O–H groups in total. The number of rotatable bonds is 3. The van der Waals surface area contributed by atoms with Crippen molar-refractivity contribution in [1.29, 1.82) is 0 Å². The fourth-order valence-corrected chi connectivity index (χ4v) is 5.22. The fraction of sp³-hybridized carbons (Fsp3) is 0.318. The van der Waals surface area contributed by atoms with Crippen molar-refractivity contribution in [3.8, 4) is 21.8 Å². The van der Waals surface area contributed by atoms with Crippen LogP contribution in [0.5, 0.6) is 0 Å². The highest BCUT2D eigenvalue weighted by Crippen LogP contribution is 2.43. The molecule has 2 aromatic carbocycles. The molecule has 3 nitrogen and oxygen atoms in total. The first kappa shape index (κ1) is 16.0. The summed E-state index contributed by atoms with van der Waals surface area (Å²) in [6, 6.07) is 19.3. The molecule has 1 aromatic heterocycles. The van der Waals surface area contributed by atoms with Crippen molar-refractivity contribution in [3.05, 3.63) is 59.5 Å². The van der Waals surface area contributed by atoms with Gasteiger partial charge in [0, 0.05) is 23.4 Å². The van der Waals surface area contributed by atoms with E-state index in [-0.39, 0.29) is 0 Å². The molecule has 0 saturated carbocycles. The van der Waals surface area contributed by atoms with Gasteiger partial charge in [0.2, 0.25) is 0 Å². The van der Waals surface area contributed by atoms with E-state index in [1.54, 1.807) is 0 Å². The van der Waals surface area contributed by atoms with Crippen molar-refractivity contribution in [2.24, 2.45) is 5.92 Å². The SMILES string of the molecule is c1ccc(-c2nc3c(s2)CN(CC2CCNCC2)c2ccccc2-3)cc1. The Morgan fingerprint density at radius 3 is 2.62 bits per heavy atom. The van der Waals surface area contributed by atoms with E-state index in [9.17, 15) is 0 Å². The number of anilines is 1. The van der Waals surface area contributed by atoms with Crippen LogP contribution in [0.4, 0.5) is 5.69 Å². The summed E-state index contributed by atoms with van der Waals surface area (Å²) in [5.41, 5.74) is 5.05. The van der Waals surface area contributed by atoms with Gasteiger partial charge < -0.3 is 10.2 Å². The van der Waals surface area contributed by atoms with E-state index in [4.69, 9.17) is 4.98 Å². The largest absolute Gasteiger partial charge is 0.365 e. The van der Waals surface area contributed by atoms with Gasteiger partial charge in [0.1, 0.15) is 5.01 Å². The van der Waals surface area contributed by atoms with Gasteiger partial charge in [-0.25, -0.2) is 4.98 Å². The topological polar surface area (TPSA) is 28.2 Å². The minimum atomic E-state index is 0.785. The number of hydrogen-bond donors (Lipinski definition) is 1. The zero-order valence-corrected chi connectivity index (χ0v) is 15.6. The predicted octanol–water partition coefficient (Wildman–Crippen LogP) is 4.80. The van der Waals surface area contributed by atoms with Crippen LogP contribution in [0.3, 0.4) is 0 Å². The molecule has 0 spiro atoms. The predicted molar refractivity (Wildman–Crippen MR) is 110 cm³/mol. The van der Waals surface area contributed by atoms with E-state index in [0.29, 0.717) is 0 Å². The van der Waals surface area contributed by atoms with Gasteiger partial charge >= 0.3 is 0 Å². The van der Waals surface area contributed by atoms with Crippen LogP contribution in [0.15, 0.2) is 54.6 Å². The van der Waals surface area contributed by atoms with Crippen molar-refractivity contribution in [3.63, 3.8) is 0 Å². The van der Waals surface area contributed by atoms with Gasteiger partial charge in [-0.2, -0.15) is 0 Å². The van der Waals surface area contributed by atoms with Gasteiger partial charge in [-0.15, -0.1) is 11.3 Å². The highest BCUT2D eigenvalue weighted by Gasteiger charge is 2.27. The molecule has 26 heavy (non-hydrogen) atoms. The molecule has 2 aliphatic heterocycles. The Morgan fingerprint density at radius 1 is 1.00 bits per heavy atom. The third kappa shape index (κ3) is 2.93. The van der Waals surface area contributed by atoms with E-state index < -0.39 is 0 Å². The van der Waals surface area contributed by atoms with Gasteiger partial charge in [0.25, 0.3) is 0 Å². The Balaban J connectivity index is 1.51. The zero-order chi connectivity index (χ0) is 17.3. The third-order valence-corrected chi connectivity index (χ3v) is 6.58.